The summed E-state index contributed by atoms with van der Waals surface area (Å²) < 4.78 is 16.2. The van der Waals surface area contributed by atoms with Crippen molar-refractivity contribution < 1.29 is 23.8 Å². The summed E-state index contributed by atoms with van der Waals surface area (Å²) in [6, 6.07) is 12.5. The van der Waals surface area contributed by atoms with Crippen LogP contribution in [0.1, 0.15) is 38.3 Å². The lowest BCUT2D eigenvalue weighted by Gasteiger charge is -2.42. The highest BCUT2D eigenvalue weighted by atomic mass is 16.5. The highest BCUT2D eigenvalue weighted by Crippen LogP contribution is 2.43. The zero-order chi connectivity index (χ0) is 23.3. The molecule has 2 amide bonds. The Balaban J connectivity index is 2.14. The summed E-state index contributed by atoms with van der Waals surface area (Å²) in [4.78, 5) is 30.3. The summed E-state index contributed by atoms with van der Waals surface area (Å²) in [6.45, 7) is 5.20. The average molecular weight is 441 g/mol. The van der Waals surface area contributed by atoms with Crippen LogP contribution in [0.5, 0.6) is 17.2 Å². The van der Waals surface area contributed by atoms with E-state index < -0.39 is 6.04 Å². The Kier molecular flexibility index (Phi) is 7.62. The van der Waals surface area contributed by atoms with Gasteiger partial charge in [0.05, 0.1) is 33.3 Å². The lowest BCUT2D eigenvalue weighted by atomic mass is 9.82. The molecular formula is C25H32N2O5. The van der Waals surface area contributed by atoms with Crippen LogP contribution in [0, 0.1) is 5.92 Å². The van der Waals surface area contributed by atoms with Crippen LogP contribution >= 0.6 is 0 Å². The number of anilines is 1. The van der Waals surface area contributed by atoms with Crippen molar-refractivity contribution in [2.45, 2.75) is 32.7 Å². The molecule has 0 aromatic heterocycles. The van der Waals surface area contributed by atoms with Crippen molar-refractivity contribution in [1.29, 1.82) is 0 Å². The Morgan fingerprint density at radius 2 is 1.62 bits per heavy atom. The van der Waals surface area contributed by atoms with Gasteiger partial charge in [-0.25, -0.2) is 0 Å². The number of nitrogens with zero attached hydrogens (tertiary/aromatic N) is 2. The van der Waals surface area contributed by atoms with Crippen molar-refractivity contribution in [2.75, 3.05) is 39.3 Å². The van der Waals surface area contributed by atoms with Gasteiger partial charge in [0.2, 0.25) is 11.8 Å². The Morgan fingerprint density at radius 1 is 0.969 bits per heavy atom. The number of ether oxygens (including phenoxy) is 3. The fourth-order valence-corrected chi connectivity index (χ4v) is 4.39. The zero-order valence-corrected chi connectivity index (χ0v) is 19.5. The molecule has 2 atom stereocenters. The summed E-state index contributed by atoms with van der Waals surface area (Å²) in [5.74, 6) is 1.54. The van der Waals surface area contributed by atoms with Crippen LogP contribution in [0.4, 0.5) is 5.69 Å². The third-order valence-electron chi connectivity index (χ3n) is 6.09. The molecule has 172 valence electrons. The molecule has 2 aromatic rings. The van der Waals surface area contributed by atoms with E-state index >= 15 is 0 Å². The number of hydrogen-bond acceptors (Lipinski definition) is 5. The Hall–Kier alpha value is -3.22. The summed E-state index contributed by atoms with van der Waals surface area (Å²) in [5, 5.41) is 0. The molecule has 0 bridgehead atoms. The molecule has 0 saturated carbocycles. The summed E-state index contributed by atoms with van der Waals surface area (Å²) in [7, 11) is 4.76. The quantitative estimate of drug-likeness (QED) is 0.619. The first kappa shape index (κ1) is 23.4. The molecule has 0 radical (unpaired) electrons. The van der Waals surface area contributed by atoms with Crippen molar-refractivity contribution in [1.82, 2.24) is 4.90 Å². The number of carbonyl (C=O) groups is 2. The van der Waals surface area contributed by atoms with Gasteiger partial charge < -0.3 is 24.0 Å². The van der Waals surface area contributed by atoms with E-state index in [9.17, 15) is 9.59 Å². The first-order valence-electron chi connectivity index (χ1n) is 11.0. The predicted molar refractivity (Wildman–Crippen MR) is 123 cm³/mol. The maximum Gasteiger partial charge on any atom is 0.228 e. The monoisotopic (exact) mass is 440 g/mol. The summed E-state index contributed by atoms with van der Waals surface area (Å²) in [5.41, 5.74) is 1.56. The number of carbonyl (C=O) groups excluding carboxylic acids is 2. The molecule has 1 heterocycles. The number of hydrogen-bond donors (Lipinski definition) is 0. The van der Waals surface area contributed by atoms with Crippen LogP contribution in [-0.2, 0) is 9.59 Å². The second kappa shape index (κ2) is 10.4. The first-order chi connectivity index (χ1) is 15.5. The Labute approximate surface area is 189 Å². The van der Waals surface area contributed by atoms with Gasteiger partial charge in [0.1, 0.15) is 5.75 Å². The molecule has 0 spiro atoms. The smallest absolute Gasteiger partial charge is 0.228 e. The van der Waals surface area contributed by atoms with Crippen LogP contribution in [0.2, 0.25) is 0 Å². The molecule has 1 aliphatic rings. The van der Waals surface area contributed by atoms with E-state index in [1.807, 2.05) is 61.2 Å². The van der Waals surface area contributed by atoms with Gasteiger partial charge >= 0.3 is 0 Å². The van der Waals surface area contributed by atoms with E-state index in [0.717, 1.165) is 11.3 Å². The van der Waals surface area contributed by atoms with Crippen molar-refractivity contribution in [3.63, 3.8) is 0 Å². The van der Waals surface area contributed by atoms with Crippen molar-refractivity contribution in [3.05, 3.63) is 48.0 Å². The van der Waals surface area contributed by atoms with Crippen LogP contribution < -0.4 is 19.1 Å². The molecule has 2 aromatic carbocycles. The summed E-state index contributed by atoms with van der Waals surface area (Å²) in [6.07, 6.45) is 0.813. The second-order valence-electron chi connectivity index (χ2n) is 7.68. The van der Waals surface area contributed by atoms with Gasteiger partial charge in [-0.05, 0) is 62.2 Å². The van der Waals surface area contributed by atoms with Gasteiger partial charge in [-0.15, -0.1) is 0 Å². The normalized spacial score (nSPS) is 18.3. The van der Waals surface area contributed by atoms with Gasteiger partial charge in [0, 0.05) is 25.2 Å². The van der Waals surface area contributed by atoms with Gasteiger partial charge in [0.15, 0.2) is 11.5 Å². The van der Waals surface area contributed by atoms with E-state index in [1.165, 1.54) is 0 Å². The molecule has 0 unspecified atom stereocenters. The SMILES string of the molecule is CCN(CC)C(=O)[C@H]1CCC(=O)N(c2ccc(OC)cc2)[C@@H]1c1ccc(OC)c(OC)c1. The topological polar surface area (TPSA) is 68.3 Å². The van der Waals surface area contributed by atoms with Crippen LogP contribution in [0.3, 0.4) is 0 Å². The van der Waals surface area contributed by atoms with Crippen LogP contribution in [0.25, 0.3) is 0 Å². The number of benzene rings is 2. The number of piperidine rings is 1. The van der Waals surface area contributed by atoms with Gasteiger partial charge in [-0.1, -0.05) is 6.07 Å². The van der Waals surface area contributed by atoms with Gasteiger partial charge in [-0.2, -0.15) is 0 Å². The van der Waals surface area contributed by atoms with Gasteiger partial charge in [-0.3, -0.25) is 9.59 Å². The third kappa shape index (κ3) is 4.52. The maximum absolute atomic E-state index is 13.5. The fraction of sp³-hybridized carbons (Fsp3) is 0.440. The summed E-state index contributed by atoms with van der Waals surface area (Å²) >= 11 is 0. The molecule has 1 aliphatic heterocycles. The van der Waals surface area contributed by atoms with E-state index in [0.29, 0.717) is 43.2 Å². The molecule has 1 fully saturated rings. The maximum atomic E-state index is 13.5. The lowest BCUT2D eigenvalue weighted by molar-refractivity contribution is -0.138. The van der Waals surface area contributed by atoms with E-state index in [1.54, 1.807) is 26.2 Å². The molecule has 7 nitrogen and oxygen atoms in total. The predicted octanol–water partition coefficient (Wildman–Crippen LogP) is 4.07. The largest absolute Gasteiger partial charge is 0.497 e. The molecule has 1 saturated heterocycles. The van der Waals surface area contributed by atoms with Crippen molar-refractivity contribution in [3.8, 4) is 17.2 Å². The average Bonchev–Trinajstić information content (AvgIpc) is 2.84. The van der Waals surface area contributed by atoms with E-state index in [2.05, 4.69) is 0 Å². The van der Waals surface area contributed by atoms with Crippen LogP contribution in [0.15, 0.2) is 42.5 Å². The van der Waals surface area contributed by atoms with E-state index in [4.69, 9.17) is 14.2 Å². The van der Waals surface area contributed by atoms with E-state index in [-0.39, 0.29) is 17.7 Å². The van der Waals surface area contributed by atoms with Crippen molar-refractivity contribution >= 4 is 17.5 Å². The number of amides is 2. The Morgan fingerprint density at radius 3 is 2.19 bits per heavy atom. The Bertz CT molecular complexity index is 940. The highest BCUT2D eigenvalue weighted by Gasteiger charge is 2.42. The molecule has 0 aliphatic carbocycles. The standard InChI is InChI=1S/C25H32N2O5/c1-6-26(7-2)25(29)20-13-15-23(28)27(18-9-11-19(30-3)12-10-18)24(20)17-8-14-21(31-4)22(16-17)32-5/h8-12,14,16,20,24H,6-7,13,15H2,1-5H3/t20-,24+/m0/s1. The number of rotatable bonds is 8. The zero-order valence-electron chi connectivity index (χ0n) is 19.5. The minimum atomic E-state index is -0.461. The second-order valence-corrected chi connectivity index (χ2v) is 7.68. The number of methoxy groups -OCH3 is 3. The van der Waals surface area contributed by atoms with Crippen molar-refractivity contribution in [2.24, 2.45) is 5.92 Å². The van der Waals surface area contributed by atoms with Gasteiger partial charge in [0.25, 0.3) is 0 Å². The third-order valence-corrected chi connectivity index (χ3v) is 6.09. The molecule has 0 N–H and O–H groups in total. The highest BCUT2D eigenvalue weighted by molar-refractivity contribution is 5.97. The minimum absolute atomic E-state index is 0.0152. The minimum Gasteiger partial charge on any atom is -0.497 e. The lowest BCUT2D eigenvalue weighted by Crippen LogP contribution is -2.49. The fourth-order valence-electron chi connectivity index (χ4n) is 4.39. The molecular weight excluding hydrogens is 408 g/mol. The first-order valence-corrected chi connectivity index (χ1v) is 11.0. The molecule has 32 heavy (non-hydrogen) atoms. The van der Waals surface area contributed by atoms with Crippen LogP contribution in [-0.4, -0.2) is 51.1 Å². The molecule has 7 heteroatoms. The molecule has 3 rings (SSSR count).